The van der Waals surface area contributed by atoms with Crippen molar-refractivity contribution in [3.63, 3.8) is 0 Å². The zero-order valence-corrected chi connectivity index (χ0v) is 13.1. The fourth-order valence-corrected chi connectivity index (χ4v) is 4.35. The van der Waals surface area contributed by atoms with Gasteiger partial charge in [0.25, 0.3) is 0 Å². The average Bonchev–Trinajstić information content (AvgIpc) is 2.82. The van der Waals surface area contributed by atoms with Gasteiger partial charge in [-0.3, -0.25) is 5.10 Å². The lowest BCUT2D eigenvalue weighted by molar-refractivity contribution is 0.0686. The van der Waals surface area contributed by atoms with E-state index in [1.807, 2.05) is 13.8 Å². The zero-order valence-electron chi connectivity index (χ0n) is 12.3. The van der Waals surface area contributed by atoms with E-state index in [1.54, 1.807) is 0 Å². The molecule has 3 N–H and O–H groups in total. The number of carboxylic acids is 1. The summed E-state index contributed by atoms with van der Waals surface area (Å²) in [5.74, 6) is -1.41. The summed E-state index contributed by atoms with van der Waals surface area (Å²) in [5, 5.41) is 24.2. The molecule has 0 amide bonds. The highest BCUT2D eigenvalue weighted by molar-refractivity contribution is 7.89. The SMILES string of the molecule is CCC(CC)N(CCO)S(=O)(=O)c1c(C(=O)O)n[nH]c1C. The maximum absolute atomic E-state index is 12.8. The second-order valence-corrected chi connectivity index (χ2v) is 6.47. The molecule has 1 aromatic rings. The first-order valence-electron chi connectivity index (χ1n) is 6.72. The molecule has 120 valence electrons. The molecule has 0 atom stereocenters. The highest BCUT2D eigenvalue weighted by atomic mass is 32.2. The van der Waals surface area contributed by atoms with Gasteiger partial charge >= 0.3 is 5.97 Å². The molecule has 21 heavy (non-hydrogen) atoms. The van der Waals surface area contributed by atoms with Crippen LogP contribution in [0.4, 0.5) is 0 Å². The van der Waals surface area contributed by atoms with Crippen molar-refractivity contribution in [2.75, 3.05) is 13.2 Å². The molecular formula is C12H21N3O5S. The van der Waals surface area contributed by atoms with Gasteiger partial charge in [0, 0.05) is 12.6 Å². The summed E-state index contributed by atoms with van der Waals surface area (Å²) in [6, 6.07) is -0.307. The highest BCUT2D eigenvalue weighted by Crippen LogP contribution is 2.25. The van der Waals surface area contributed by atoms with Crippen LogP contribution >= 0.6 is 0 Å². The van der Waals surface area contributed by atoms with Crippen LogP contribution in [0, 0.1) is 6.92 Å². The van der Waals surface area contributed by atoms with Crippen LogP contribution in [0.25, 0.3) is 0 Å². The number of hydrogen-bond acceptors (Lipinski definition) is 5. The molecule has 1 aromatic heterocycles. The number of sulfonamides is 1. The summed E-state index contributed by atoms with van der Waals surface area (Å²) in [7, 11) is -4.05. The second kappa shape index (κ2) is 7.01. The monoisotopic (exact) mass is 319 g/mol. The Hall–Kier alpha value is -1.45. The lowest BCUT2D eigenvalue weighted by Gasteiger charge is -2.28. The third kappa shape index (κ3) is 3.42. The Kier molecular flexibility index (Phi) is 5.87. The second-order valence-electron chi connectivity index (χ2n) is 4.64. The average molecular weight is 319 g/mol. The highest BCUT2D eigenvalue weighted by Gasteiger charge is 2.35. The first-order valence-corrected chi connectivity index (χ1v) is 8.16. The van der Waals surface area contributed by atoms with Gasteiger partial charge in [-0.25, -0.2) is 13.2 Å². The van der Waals surface area contributed by atoms with E-state index in [9.17, 15) is 13.2 Å². The Morgan fingerprint density at radius 3 is 2.38 bits per heavy atom. The number of aliphatic hydroxyl groups excluding tert-OH is 1. The topological polar surface area (TPSA) is 124 Å². The van der Waals surface area contributed by atoms with Crippen molar-refractivity contribution in [1.29, 1.82) is 0 Å². The normalized spacial score (nSPS) is 12.3. The van der Waals surface area contributed by atoms with E-state index in [2.05, 4.69) is 10.2 Å². The van der Waals surface area contributed by atoms with Gasteiger partial charge in [-0.2, -0.15) is 9.40 Å². The van der Waals surface area contributed by atoms with Crippen molar-refractivity contribution < 1.29 is 23.4 Å². The molecule has 0 aliphatic rings. The van der Waals surface area contributed by atoms with Gasteiger partial charge in [0.15, 0.2) is 5.69 Å². The smallest absolute Gasteiger partial charge is 0.357 e. The summed E-state index contributed by atoms with van der Waals surface area (Å²) in [6.45, 7) is 4.71. The quantitative estimate of drug-likeness (QED) is 0.644. The van der Waals surface area contributed by atoms with Crippen LogP contribution in [0.15, 0.2) is 4.90 Å². The van der Waals surface area contributed by atoms with Crippen LogP contribution < -0.4 is 0 Å². The van der Waals surface area contributed by atoms with Gasteiger partial charge in [0.05, 0.1) is 12.3 Å². The van der Waals surface area contributed by atoms with E-state index in [0.717, 1.165) is 4.31 Å². The number of carboxylic acid groups (broad SMARTS) is 1. The fourth-order valence-electron chi connectivity index (χ4n) is 2.29. The van der Waals surface area contributed by atoms with Gasteiger partial charge in [-0.15, -0.1) is 0 Å². The maximum Gasteiger partial charge on any atom is 0.357 e. The molecule has 0 fully saturated rings. The van der Waals surface area contributed by atoms with Crippen molar-refractivity contribution in [2.45, 2.75) is 44.6 Å². The fraction of sp³-hybridized carbons (Fsp3) is 0.667. The number of carbonyl (C=O) groups is 1. The van der Waals surface area contributed by atoms with Crippen molar-refractivity contribution in [1.82, 2.24) is 14.5 Å². The molecule has 1 heterocycles. The molecule has 0 aliphatic heterocycles. The van der Waals surface area contributed by atoms with E-state index in [1.165, 1.54) is 6.92 Å². The lowest BCUT2D eigenvalue weighted by atomic mass is 10.2. The van der Waals surface area contributed by atoms with E-state index >= 15 is 0 Å². The molecule has 0 radical (unpaired) electrons. The predicted molar refractivity (Wildman–Crippen MR) is 75.6 cm³/mol. The van der Waals surface area contributed by atoms with E-state index < -0.39 is 21.7 Å². The van der Waals surface area contributed by atoms with Crippen molar-refractivity contribution in [3.8, 4) is 0 Å². The number of aromatic amines is 1. The predicted octanol–water partition coefficient (Wildman–Crippen LogP) is 0.588. The number of H-pyrrole nitrogens is 1. The Morgan fingerprint density at radius 1 is 1.38 bits per heavy atom. The van der Waals surface area contributed by atoms with Gasteiger partial charge in [-0.05, 0) is 19.8 Å². The minimum absolute atomic E-state index is 0.0850. The van der Waals surface area contributed by atoms with Crippen LogP contribution in [0.1, 0.15) is 42.9 Å². The lowest BCUT2D eigenvalue weighted by Crippen LogP contribution is -2.42. The number of aromatic nitrogens is 2. The summed E-state index contributed by atoms with van der Waals surface area (Å²) < 4.78 is 26.7. The van der Waals surface area contributed by atoms with Gasteiger partial charge < -0.3 is 10.2 Å². The minimum atomic E-state index is -4.05. The summed E-state index contributed by atoms with van der Waals surface area (Å²) >= 11 is 0. The number of hydrogen-bond donors (Lipinski definition) is 3. The molecular weight excluding hydrogens is 298 g/mol. The zero-order chi connectivity index (χ0) is 16.2. The molecule has 0 aliphatic carbocycles. The molecule has 9 heteroatoms. The number of nitrogens with one attached hydrogen (secondary N) is 1. The minimum Gasteiger partial charge on any atom is -0.476 e. The molecule has 1 rings (SSSR count). The van der Waals surface area contributed by atoms with Crippen molar-refractivity contribution in [2.24, 2.45) is 0 Å². The van der Waals surface area contributed by atoms with Crippen LogP contribution in [-0.4, -0.2) is 58.3 Å². The molecule has 0 spiro atoms. The molecule has 0 saturated heterocycles. The van der Waals surface area contributed by atoms with Crippen LogP contribution in [0.5, 0.6) is 0 Å². The van der Waals surface area contributed by atoms with E-state index in [-0.39, 0.29) is 29.8 Å². The van der Waals surface area contributed by atoms with Crippen molar-refractivity contribution >= 4 is 16.0 Å². The van der Waals surface area contributed by atoms with Gasteiger partial charge in [-0.1, -0.05) is 13.8 Å². The molecule has 0 unspecified atom stereocenters. The number of aliphatic hydroxyl groups is 1. The van der Waals surface area contributed by atoms with Crippen LogP contribution in [0.2, 0.25) is 0 Å². The van der Waals surface area contributed by atoms with Gasteiger partial charge in [0.1, 0.15) is 4.90 Å². The Bertz CT molecular complexity index is 592. The first-order chi connectivity index (χ1) is 9.81. The maximum atomic E-state index is 12.8. The van der Waals surface area contributed by atoms with Crippen molar-refractivity contribution in [3.05, 3.63) is 11.4 Å². The Labute approximate surface area is 123 Å². The standard InChI is InChI=1S/C12H21N3O5S/c1-4-9(5-2)15(6-7-16)21(19,20)11-8(3)13-14-10(11)12(17)18/h9,16H,4-7H2,1-3H3,(H,13,14)(H,17,18). The largest absolute Gasteiger partial charge is 0.476 e. The number of rotatable bonds is 8. The van der Waals surface area contributed by atoms with E-state index in [4.69, 9.17) is 10.2 Å². The number of aromatic carboxylic acids is 1. The number of nitrogens with zero attached hydrogens (tertiary/aromatic N) is 2. The summed E-state index contributed by atoms with van der Waals surface area (Å²) in [5.41, 5.74) is -0.359. The molecule has 0 aromatic carbocycles. The molecule has 0 bridgehead atoms. The van der Waals surface area contributed by atoms with Gasteiger partial charge in [0.2, 0.25) is 10.0 Å². The Balaban J connectivity index is 3.42. The number of aryl methyl sites for hydroxylation is 1. The third-order valence-electron chi connectivity index (χ3n) is 3.33. The molecule has 0 saturated carbocycles. The van der Waals surface area contributed by atoms with E-state index in [0.29, 0.717) is 12.8 Å². The summed E-state index contributed by atoms with van der Waals surface area (Å²) in [6.07, 6.45) is 1.13. The third-order valence-corrected chi connectivity index (χ3v) is 5.44. The Morgan fingerprint density at radius 2 is 1.95 bits per heavy atom. The van der Waals surface area contributed by atoms with Crippen LogP contribution in [-0.2, 0) is 10.0 Å². The first kappa shape index (κ1) is 17.6. The molecule has 8 nitrogen and oxygen atoms in total. The summed E-state index contributed by atoms with van der Waals surface area (Å²) in [4.78, 5) is 10.8. The van der Waals surface area contributed by atoms with Crippen LogP contribution in [0.3, 0.4) is 0 Å².